The summed E-state index contributed by atoms with van der Waals surface area (Å²) in [7, 11) is 0. The first kappa shape index (κ1) is 8.93. The molecule has 0 aromatic heterocycles. The highest BCUT2D eigenvalue weighted by Crippen LogP contribution is 2.17. The Kier molecular flexibility index (Phi) is 2.99. The summed E-state index contributed by atoms with van der Waals surface area (Å²) in [6.45, 7) is 0. The molecule has 0 amide bonds. The van der Waals surface area contributed by atoms with Crippen LogP contribution in [-0.4, -0.2) is 16.5 Å². The van der Waals surface area contributed by atoms with Crippen molar-refractivity contribution < 1.29 is 5.11 Å². The van der Waals surface area contributed by atoms with Crippen LogP contribution < -0.4 is 5.73 Å². The number of nitrogens with two attached hydrogens (primary N) is 1. The van der Waals surface area contributed by atoms with Gasteiger partial charge in [0.2, 0.25) is 0 Å². The van der Waals surface area contributed by atoms with Crippen LogP contribution in [0.2, 0.25) is 0 Å². The van der Waals surface area contributed by atoms with Crippen LogP contribution in [0.3, 0.4) is 0 Å². The standard InChI is InChI=1S/C8H10N2OS/c1-12-8(9)10-6-2-4-7(11)5-3-6/h2-5,11H,1H3,(H2,9,10). The van der Waals surface area contributed by atoms with Crippen molar-refractivity contribution in [1.82, 2.24) is 0 Å². The van der Waals surface area contributed by atoms with E-state index in [0.29, 0.717) is 5.17 Å². The Morgan fingerprint density at radius 1 is 1.42 bits per heavy atom. The number of phenolic OH excluding ortho intramolecular Hbond substituents is 1. The Balaban J connectivity index is 2.84. The van der Waals surface area contributed by atoms with Gasteiger partial charge in [0.05, 0.1) is 5.69 Å². The Morgan fingerprint density at radius 2 is 2.00 bits per heavy atom. The SMILES string of the molecule is CSC(N)=Nc1ccc(O)cc1. The molecule has 0 aliphatic heterocycles. The molecule has 0 heterocycles. The van der Waals surface area contributed by atoms with E-state index in [9.17, 15) is 0 Å². The van der Waals surface area contributed by atoms with Crippen LogP contribution in [0.25, 0.3) is 0 Å². The fourth-order valence-corrected chi connectivity index (χ4v) is 0.897. The van der Waals surface area contributed by atoms with Gasteiger partial charge in [-0.15, -0.1) is 0 Å². The van der Waals surface area contributed by atoms with Crippen molar-refractivity contribution in [3.8, 4) is 5.75 Å². The first-order chi connectivity index (χ1) is 5.72. The van der Waals surface area contributed by atoms with E-state index in [-0.39, 0.29) is 5.75 Å². The third kappa shape index (κ3) is 2.47. The quantitative estimate of drug-likeness (QED) is 0.513. The largest absolute Gasteiger partial charge is 0.508 e. The van der Waals surface area contributed by atoms with E-state index in [2.05, 4.69) is 4.99 Å². The van der Waals surface area contributed by atoms with Gasteiger partial charge >= 0.3 is 0 Å². The average molecular weight is 182 g/mol. The predicted molar refractivity (Wildman–Crippen MR) is 52.9 cm³/mol. The van der Waals surface area contributed by atoms with Crippen LogP contribution in [0.15, 0.2) is 29.3 Å². The molecule has 0 radical (unpaired) electrons. The fraction of sp³-hybridized carbons (Fsp3) is 0.125. The van der Waals surface area contributed by atoms with E-state index in [1.165, 1.54) is 11.8 Å². The van der Waals surface area contributed by atoms with Crippen molar-refractivity contribution in [1.29, 1.82) is 0 Å². The molecule has 1 aromatic rings. The molecule has 3 N–H and O–H groups in total. The van der Waals surface area contributed by atoms with E-state index in [1.807, 2.05) is 6.26 Å². The summed E-state index contributed by atoms with van der Waals surface area (Å²) in [6, 6.07) is 6.57. The van der Waals surface area contributed by atoms with Gasteiger partial charge in [0.15, 0.2) is 5.17 Å². The van der Waals surface area contributed by atoms with Gasteiger partial charge in [0.1, 0.15) is 5.75 Å². The minimum atomic E-state index is 0.233. The number of hydrogen-bond acceptors (Lipinski definition) is 3. The Hall–Kier alpha value is -1.16. The molecule has 0 fully saturated rings. The smallest absolute Gasteiger partial charge is 0.158 e. The molecule has 0 aliphatic rings. The monoisotopic (exact) mass is 182 g/mol. The highest BCUT2D eigenvalue weighted by atomic mass is 32.2. The van der Waals surface area contributed by atoms with E-state index in [0.717, 1.165) is 5.69 Å². The van der Waals surface area contributed by atoms with Crippen molar-refractivity contribution in [3.05, 3.63) is 24.3 Å². The number of benzene rings is 1. The fourth-order valence-electron chi connectivity index (χ4n) is 0.700. The van der Waals surface area contributed by atoms with Gasteiger partial charge in [-0.3, -0.25) is 0 Å². The van der Waals surface area contributed by atoms with Crippen LogP contribution in [0.5, 0.6) is 5.75 Å². The lowest BCUT2D eigenvalue weighted by Gasteiger charge is -1.96. The molecule has 12 heavy (non-hydrogen) atoms. The second-order valence-corrected chi connectivity index (χ2v) is 3.00. The summed E-state index contributed by atoms with van der Waals surface area (Å²) in [5, 5.41) is 9.48. The molecule has 0 unspecified atom stereocenters. The summed E-state index contributed by atoms with van der Waals surface area (Å²) in [5.74, 6) is 0.233. The van der Waals surface area contributed by atoms with Crippen LogP contribution in [-0.2, 0) is 0 Å². The van der Waals surface area contributed by atoms with Crippen molar-refractivity contribution in [2.24, 2.45) is 10.7 Å². The third-order valence-electron chi connectivity index (χ3n) is 1.30. The topological polar surface area (TPSA) is 58.6 Å². The van der Waals surface area contributed by atoms with Gasteiger partial charge in [-0.05, 0) is 30.5 Å². The molecular formula is C8H10N2OS. The van der Waals surface area contributed by atoms with Gasteiger partial charge in [-0.25, -0.2) is 4.99 Å². The summed E-state index contributed by atoms with van der Waals surface area (Å²) >= 11 is 1.39. The van der Waals surface area contributed by atoms with Crippen molar-refractivity contribution in [2.75, 3.05) is 6.26 Å². The zero-order chi connectivity index (χ0) is 8.97. The Bertz CT molecular complexity index is 282. The maximum atomic E-state index is 8.96. The minimum Gasteiger partial charge on any atom is -0.508 e. The normalized spacial score (nSPS) is 11.6. The van der Waals surface area contributed by atoms with Crippen LogP contribution >= 0.6 is 11.8 Å². The minimum absolute atomic E-state index is 0.233. The zero-order valence-corrected chi connectivity index (χ0v) is 7.51. The molecule has 0 saturated heterocycles. The zero-order valence-electron chi connectivity index (χ0n) is 6.69. The second kappa shape index (κ2) is 4.01. The van der Waals surface area contributed by atoms with Gasteiger partial charge in [0, 0.05) is 0 Å². The molecule has 0 aliphatic carbocycles. The summed E-state index contributed by atoms with van der Waals surface area (Å²) in [6.07, 6.45) is 1.86. The molecule has 0 saturated carbocycles. The number of amidine groups is 1. The van der Waals surface area contributed by atoms with E-state index in [4.69, 9.17) is 10.8 Å². The molecule has 0 bridgehead atoms. The Labute approximate surface area is 75.3 Å². The van der Waals surface area contributed by atoms with Crippen LogP contribution in [0.4, 0.5) is 5.69 Å². The van der Waals surface area contributed by atoms with Crippen LogP contribution in [0, 0.1) is 0 Å². The molecule has 0 spiro atoms. The van der Waals surface area contributed by atoms with E-state index >= 15 is 0 Å². The summed E-state index contributed by atoms with van der Waals surface area (Å²) in [5.41, 5.74) is 6.24. The van der Waals surface area contributed by atoms with Crippen molar-refractivity contribution in [3.63, 3.8) is 0 Å². The van der Waals surface area contributed by atoms with Gasteiger partial charge < -0.3 is 10.8 Å². The lowest BCUT2D eigenvalue weighted by atomic mass is 10.3. The highest BCUT2D eigenvalue weighted by molar-refractivity contribution is 8.13. The maximum absolute atomic E-state index is 8.96. The lowest BCUT2D eigenvalue weighted by molar-refractivity contribution is 0.475. The molecule has 1 rings (SSSR count). The van der Waals surface area contributed by atoms with Crippen molar-refractivity contribution >= 4 is 22.6 Å². The number of aliphatic imine (C=N–C) groups is 1. The molecule has 1 aromatic carbocycles. The van der Waals surface area contributed by atoms with Crippen LogP contribution in [0.1, 0.15) is 0 Å². The van der Waals surface area contributed by atoms with Gasteiger partial charge in [-0.1, -0.05) is 11.8 Å². The highest BCUT2D eigenvalue weighted by Gasteiger charge is 1.91. The maximum Gasteiger partial charge on any atom is 0.158 e. The van der Waals surface area contributed by atoms with Gasteiger partial charge in [0.25, 0.3) is 0 Å². The molecule has 64 valence electrons. The molecular weight excluding hydrogens is 172 g/mol. The number of hydrogen-bond donors (Lipinski definition) is 2. The number of rotatable bonds is 1. The van der Waals surface area contributed by atoms with E-state index < -0.39 is 0 Å². The number of nitrogens with zero attached hydrogens (tertiary/aromatic N) is 1. The first-order valence-corrected chi connectivity index (χ1v) is 4.62. The molecule has 4 heteroatoms. The lowest BCUT2D eigenvalue weighted by Crippen LogP contribution is -2.03. The Morgan fingerprint density at radius 3 is 2.50 bits per heavy atom. The number of phenols is 1. The van der Waals surface area contributed by atoms with Crippen molar-refractivity contribution in [2.45, 2.75) is 0 Å². The number of aromatic hydroxyl groups is 1. The molecule has 3 nitrogen and oxygen atoms in total. The summed E-state index contributed by atoms with van der Waals surface area (Å²) < 4.78 is 0. The third-order valence-corrected chi connectivity index (χ3v) is 1.81. The molecule has 0 atom stereocenters. The van der Waals surface area contributed by atoms with E-state index in [1.54, 1.807) is 24.3 Å². The summed E-state index contributed by atoms with van der Waals surface area (Å²) in [4.78, 5) is 4.06. The first-order valence-electron chi connectivity index (χ1n) is 3.39. The number of thioether (sulfide) groups is 1. The predicted octanol–water partition coefficient (Wildman–Crippen LogP) is 1.70. The second-order valence-electron chi connectivity index (χ2n) is 2.17. The van der Waals surface area contributed by atoms with Gasteiger partial charge in [-0.2, -0.15) is 0 Å². The average Bonchev–Trinajstić information content (AvgIpc) is 2.09.